The van der Waals surface area contributed by atoms with Crippen LogP contribution in [0.15, 0.2) is 102 Å². The van der Waals surface area contributed by atoms with Crippen LogP contribution in [-0.4, -0.2) is 188 Å². The first-order valence-electron chi connectivity index (χ1n) is 36.3. The maximum atomic E-state index is 14.4. The SMILES string of the molecule is C.C.C.C=CC1=CCOC(=O)C1(CC)OCCCC(=O)CCC(O)C(C(O)CCC(=O)CCCOC1(CC)C(=O)OCC=C1C=C)(C(O)CCC(=O)CCCOC1(CC)C(=O)OCC=C1C=C)C(O)CCC(=O)CCC(=O)OC1(CC)C(=O)OCc2c1cc1n(c2=O)Cc2cc3c(CN(C)C)c(O)ccc3nc2-1.N.N.N. The molecule has 0 bridgehead atoms. The van der Waals surface area contributed by atoms with Crippen LogP contribution in [0.2, 0.25) is 0 Å². The Balaban J connectivity index is 0.00000697. The van der Waals surface area contributed by atoms with Gasteiger partial charge in [0, 0.05) is 99.8 Å². The summed E-state index contributed by atoms with van der Waals surface area (Å²) in [5, 5.41) is 62.2. The van der Waals surface area contributed by atoms with Gasteiger partial charge in [-0.05, 0) is 144 Å². The highest BCUT2D eigenvalue weighted by atomic mass is 16.6. The third kappa shape index (κ3) is 20.8. The molecule has 7 heterocycles. The van der Waals surface area contributed by atoms with Crippen LogP contribution in [0, 0.1) is 5.41 Å². The number of Topliss-reactive ketones (excluding diaryl/α,β-unsaturated/α-hetero) is 4. The molecule has 618 valence electrons. The number of phenolic OH excluding ortho intramolecular Hbond substituents is 1. The summed E-state index contributed by atoms with van der Waals surface area (Å²) in [6.45, 7) is 18.2. The molecule has 8 rings (SSSR count). The number of fused-ring (bicyclic) bond motifs is 5. The van der Waals surface area contributed by atoms with E-state index in [1.807, 2.05) is 25.1 Å². The first-order valence-corrected chi connectivity index (χ1v) is 36.3. The van der Waals surface area contributed by atoms with Gasteiger partial charge in [0.1, 0.15) is 55.3 Å². The smallest absolute Gasteiger partial charge is 0.355 e. The number of aliphatic hydroxyl groups excluding tert-OH is 4. The van der Waals surface area contributed by atoms with E-state index in [2.05, 4.69) is 19.7 Å². The van der Waals surface area contributed by atoms with E-state index in [1.54, 1.807) is 64.1 Å². The van der Waals surface area contributed by atoms with Gasteiger partial charge in [0.25, 0.3) is 5.56 Å². The molecular formula is C82H122N6O23. The average molecular weight is 1560 g/mol. The van der Waals surface area contributed by atoms with Crippen molar-refractivity contribution in [2.24, 2.45) is 5.41 Å². The number of cyclic esters (lactones) is 4. The normalized spacial score (nSPS) is 21.0. The van der Waals surface area contributed by atoms with Crippen LogP contribution in [0.4, 0.5) is 0 Å². The zero-order valence-corrected chi connectivity index (χ0v) is 63.3. The molecule has 0 aliphatic carbocycles. The van der Waals surface area contributed by atoms with Crippen molar-refractivity contribution in [3.8, 4) is 17.1 Å². The molecule has 2 aromatic heterocycles. The number of aromatic hydroxyl groups is 1. The number of carbonyl (C=O) groups excluding carboxylic acids is 9. The standard InChI is InChI=1S/C79H101N3O23.3CH4.3H3N/c1-10-50-35-41-98-71(94)75(50,13-4)102-38-17-20-53(83)23-30-64(88)79(65(89)31-24-54(84)21-18-39-103-76(14-5)51(11-2)36-42-99-72(76)95,66(90)32-25-55(85)22-19-40-104-77(15-6)52(12-3)37-43-100-73(77)96)67(91)33-26-56(86)27-34-68(92)105-78(16-7)60-45-62-69-49(46-82(62)70(93)59(60)48-101-74(78)97)44-57-58(47-81(8)9)63(87)29-28-61(57)80-69;;;;;;/h10-12,28-29,35-37,44-45,64-67,87-91H,1-3,13-27,30-34,38-43,46-48H2,4-9H3;3*1H4;3*1H3. The maximum absolute atomic E-state index is 14.4. The van der Waals surface area contributed by atoms with E-state index in [4.69, 9.17) is 42.9 Å². The molecule has 8 atom stereocenters. The molecule has 5 aliphatic rings. The van der Waals surface area contributed by atoms with E-state index in [0.717, 1.165) is 0 Å². The molecule has 0 saturated carbocycles. The molecule has 0 fully saturated rings. The van der Waals surface area contributed by atoms with E-state index in [9.17, 15) is 73.5 Å². The lowest BCUT2D eigenvalue weighted by molar-refractivity contribution is -0.201. The Kier molecular flexibility index (Phi) is 38.5. The summed E-state index contributed by atoms with van der Waals surface area (Å²) in [6, 6.07) is 6.66. The Labute approximate surface area is 651 Å². The number of aromatic nitrogens is 2. The van der Waals surface area contributed by atoms with Crippen LogP contribution in [-0.2, 0) is 106 Å². The Bertz CT molecular complexity index is 3790. The van der Waals surface area contributed by atoms with Gasteiger partial charge in [-0.2, -0.15) is 0 Å². The number of phenols is 1. The van der Waals surface area contributed by atoms with Gasteiger partial charge in [0.05, 0.1) is 65.3 Å². The Morgan fingerprint density at radius 2 is 0.955 bits per heavy atom. The van der Waals surface area contributed by atoms with Crippen LogP contribution in [0.3, 0.4) is 0 Å². The van der Waals surface area contributed by atoms with Gasteiger partial charge in [-0.15, -0.1) is 0 Å². The van der Waals surface area contributed by atoms with Gasteiger partial charge in [-0.3, -0.25) is 28.8 Å². The van der Waals surface area contributed by atoms with Crippen molar-refractivity contribution in [1.29, 1.82) is 0 Å². The summed E-state index contributed by atoms with van der Waals surface area (Å²) in [4.78, 5) is 144. The predicted octanol–water partition coefficient (Wildman–Crippen LogP) is 10.2. The minimum Gasteiger partial charge on any atom is -0.508 e. The van der Waals surface area contributed by atoms with Crippen LogP contribution in [0.1, 0.15) is 201 Å². The van der Waals surface area contributed by atoms with E-state index in [-0.39, 0.29) is 168 Å². The lowest BCUT2D eigenvalue weighted by Gasteiger charge is -2.48. The molecule has 0 amide bonds. The third-order valence-corrected chi connectivity index (χ3v) is 21.2. The number of esters is 5. The quantitative estimate of drug-likeness (QED) is 0.0116. The van der Waals surface area contributed by atoms with E-state index in [1.165, 1.54) is 22.8 Å². The second kappa shape index (κ2) is 43.4. The number of carbonyl (C=O) groups is 9. The fourth-order valence-electron chi connectivity index (χ4n) is 15.1. The zero-order valence-electron chi connectivity index (χ0n) is 63.3. The summed E-state index contributed by atoms with van der Waals surface area (Å²) < 4.78 is 47.1. The molecule has 14 N–H and O–H groups in total. The van der Waals surface area contributed by atoms with Crippen molar-refractivity contribution < 1.29 is 107 Å². The summed E-state index contributed by atoms with van der Waals surface area (Å²) in [5.41, 5.74) is -5.19. The number of rotatable bonds is 44. The lowest BCUT2D eigenvalue weighted by Crippen LogP contribution is -2.61. The third-order valence-electron chi connectivity index (χ3n) is 21.2. The van der Waals surface area contributed by atoms with Gasteiger partial charge in [0.2, 0.25) is 5.60 Å². The molecular weight excluding hydrogens is 1440 g/mol. The average Bonchev–Trinajstić information content (AvgIpc) is 1.61. The summed E-state index contributed by atoms with van der Waals surface area (Å²) in [6.07, 6.45) is -3.27. The first kappa shape index (κ1) is 98.5. The van der Waals surface area contributed by atoms with Crippen LogP contribution < -0.4 is 24.0 Å². The van der Waals surface area contributed by atoms with Crippen molar-refractivity contribution >= 4 is 63.9 Å². The molecule has 29 nitrogen and oxygen atoms in total. The molecule has 0 spiro atoms. The topological polar surface area (TPSA) is 472 Å². The maximum Gasteiger partial charge on any atom is 0.355 e. The highest BCUT2D eigenvalue weighted by Crippen LogP contribution is 2.46. The van der Waals surface area contributed by atoms with Gasteiger partial charge in [0.15, 0.2) is 16.8 Å². The van der Waals surface area contributed by atoms with Crippen LogP contribution in [0.5, 0.6) is 5.75 Å². The molecule has 1 aromatic carbocycles. The van der Waals surface area contributed by atoms with E-state index in [0.29, 0.717) is 56.7 Å². The molecule has 111 heavy (non-hydrogen) atoms. The highest BCUT2D eigenvalue weighted by Gasteiger charge is 2.56. The number of ketones is 4. The summed E-state index contributed by atoms with van der Waals surface area (Å²) in [5.74, 6) is -5.70. The van der Waals surface area contributed by atoms with E-state index < -0.39 is 182 Å². The zero-order chi connectivity index (χ0) is 76.6. The minimum atomic E-state index is -2.51. The summed E-state index contributed by atoms with van der Waals surface area (Å²) >= 11 is 0. The predicted molar refractivity (Wildman–Crippen MR) is 418 cm³/mol. The van der Waals surface area contributed by atoms with Crippen molar-refractivity contribution in [1.82, 2.24) is 32.9 Å². The molecule has 3 aromatic rings. The molecule has 29 heteroatoms. The Hall–Kier alpha value is -8.59. The number of nitrogens with zero attached hydrogens (tertiary/aromatic N) is 3. The number of ether oxygens (including phenoxy) is 8. The molecule has 5 aliphatic heterocycles. The van der Waals surface area contributed by atoms with Crippen LogP contribution in [0.25, 0.3) is 22.3 Å². The molecule has 0 saturated heterocycles. The van der Waals surface area contributed by atoms with Gasteiger partial charge >= 0.3 is 29.8 Å². The van der Waals surface area contributed by atoms with Crippen LogP contribution >= 0.6 is 0 Å². The van der Waals surface area contributed by atoms with E-state index >= 15 is 0 Å². The fraction of sp³-hybridized carbons (Fsp3) is 0.573. The lowest BCUT2D eigenvalue weighted by atomic mass is 9.63. The fourth-order valence-corrected chi connectivity index (χ4v) is 15.1. The number of benzene rings is 1. The number of pyridine rings is 2. The highest BCUT2D eigenvalue weighted by molar-refractivity contribution is 5.92. The molecule has 0 radical (unpaired) electrons. The monoisotopic (exact) mass is 1560 g/mol. The van der Waals surface area contributed by atoms with Gasteiger partial charge < -0.3 is 91.3 Å². The van der Waals surface area contributed by atoms with Crippen molar-refractivity contribution in [2.75, 3.05) is 53.7 Å². The number of hydrogen-bond donors (Lipinski definition) is 8. The first-order chi connectivity index (χ1) is 50.2. The Morgan fingerprint density at radius 1 is 0.568 bits per heavy atom. The largest absolute Gasteiger partial charge is 0.508 e. The van der Waals surface area contributed by atoms with Crippen molar-refractivity contribution in [3.05, 3.63) is 130 Å². The van der Waals surface area contributed by atoms with Crippen molar-refractivity contribution in [3.63, 3.8) is 0 Å². The second-order valence-electron chi connectivity index (χ2n) is 27.6. The van der Waals surface area contributed by atoms with Gasteiger partial charge in [-0.25, -0.2) is 24.2 Å². The summed E-state index contributed by atoms with van der Waals surface area (Å²) in [7, 11) is 3.72. The van der Waals surface area contributed by atoms with Crippen molar-refractivity contribution in [2.45, 2.75) is 245 Å². The minimum absolute atomic E-state index is 0. The van der Waals surface area contributed by atoms with Gasteiger partial charge in [-0.1, -0.05) is 87.9 Å². The Morgan fingerprint density at radius 3 is 1.33 bits per heavy atom. The second-order valence-corrected chi connectivity index (χ2v) is 27.6. The number of aliphatic hydroxyl groups is 4. The number of hydrogen-bond acceptors (Lipinski definition) is 28. The molecule has 8 unspecified atom stereocenters.